The summed E-state index contributed by atoms with van der Waals surface area (Å²) in [5.74, 6) is -2.42. The maximum atomic E-state index is 14.9. The normalized spacial score (nSPS) is 21.5. The van der Waals surface area contributed by atoms with Crippen LogP contribution in [0.3, 0.4) is 0 Å². The van der Waals surface area contributed by atoms with Crippen LogP contribution in [-0.4, -0.2) is 54.2 Å². The molecule has 43 heavy (non-hydrogen) atoms. The molecule has 16 heteroatoms. The highest BCUT2D eigenvalue weighted by Crippen LogP contribution is 2.48. The molecule has 5 rings (SSSR count). The minimum atomic E-state index is -5.11. The van der Waals surface area contributed by atoms with Crippen molar-refractivity contribution in [3.63, 3.8) is 0 Å². The molecule has 3 aliphatic rings. The largest absolute Gasteiger partial charge is 0.494 e. The second kappa shape index (κ2) is 11.2. The molecular weight excluding hydrogens is 606 g/mol. The summed E-state index contributed by atoms with van der Waals surface area (Å²) in [4.78, 5) is 26.5. The zero-order chi connectivity index (χ0) is 31.2. The molecule has 2 fully saturated rings. The fraction of sp³-hybridized carbons (Fsp3) is 0.519. The van der Waals surface area contributed by atoms with Crippen molar-refractivity contribution < 1.29 is 49.1 Å². The quantitative estimate of drug-likeness (QED) is 0.216. The van der Waals surface area contributed by atoms with Crippen LogP contribution in [0.4, 0.5) is 26.3 Å². The van der Waals surface area contributed by atoms with Gasteiger partial charge in [0.25, 0.3) is 11.8 Å². The third-order valence-corrected chi connectivity index (χ3v) is 9.34. The lowest BCUT2D eigenvalue weighted by molar-refractivity contribution is -0.202. The van der Waals surface area contributed by atoms with Gasteiger partial charge in [0.15, 0.2) is 5.54 Å². The lowest BCUT2D eigenvalue weighted by Gasteiger charge is -2.41. The molecule has 2 aromatic rings. The van der Waals surface area contributed by atoms with E-state index in [2.05, 4.69) is 5.10 Å². The van der Waals surface area contributed by atoms with E-state index < -0.39 is 69.0 Å². The number of rotatable bonds is 11. The second-order valence-corrected chi connectivity index (χ2v) is 13.0. The van der Waals surface area contributed by atoms with Gasteiger partial charge in [-0.3, -0.25) is 14.3 Å². The molecular formula is C27H28F6N4O5S. The van der Waals surface area contributed by atoms with Crippen LogP contribution in [0.5, 0.6) is 5.75 Å². The Labute approximate surface area is 242 Å². The summed E-state index contributed by atoms with van der Waals surface area (Å²) in [7, 11) is -4.14. The fourth-order valence-electron chi connectivity index (χ4n) is 4.89. The molecule has 0 saturated heterocycles. The van der Waals surface area contributed by atoms with Crippen molar-refractivity contribution in [2.45, 2.75) is 74.6 Å². The van der Waals surface area contributed by atoms with E-state index in [4.69, 9.17) is 4.74 Å². The predicted molar refractivity (Wildman–Crippen MR) is 140 cm³/mol. The molecule has 0 spiro atoms. The predicted octanol–water partition coefficient (Wildman–Crippen LogP) is 4.35. The lowest BCUT2D eigenvalue weighted by Crippen LogP contribution is -2.60. The van der Waals surface area contributed by atoms with Crippen LogP contribution in [0.15, 0.2) is 42.1 Å². The van der Waals surface area contributed by atoms with E-state index in [0.29, 0.717) is 25.3 Å². The number of benzene rings is 1. The van der Waals surface area contributed by atoms with Gasteiger partial charge in [0.2, 0.25) is 10.0 Å². The van der Waals surface area contributed by atoms with Gasteiger partial charge in [-0.1, -0.05) is 12.1 Å². The number of aromatic nitrogens is 2. The van der Waals surface area contributed by atoms with Gasteiger partial charge in [-0.25, -0.2) is 13.1 Å². The summed E-state index contributed by atoms with van der Waals surface area (Å²) < 4.78 is 115. The second-order valence-electron chi connectivity index (χ2n) is 11.0. The topological polar surface area (TPSA) is 119 Å². The number of hydrogen-bond acceptors (Lipinski definition) is 6. The summed E-state index contributed by atoms with van der Waals surface area (Å²) in [5, 5.41) is 5.40. The van der Waals surface area contributed by atoms with Gasteiger partial charge in [0, 0.05) is 31.2 Å². The number of amides is 2. The minimum Gasteiger partial charge on any atom is -0.494 e. The van der Waals surface area contributed by atoms with E-state index in [1.165, 1.54) is 16.9 Å². The molecule has 1 aromatic heterocycles. The highest BCUT2D eigenvalue weighted by molar-refractivity contribution is 7.91. The molecule has 0 bridgehead atoms. The monoisotopic (exact) mass is 634 g/mol. The molecule has 9 nitrogen and oxygen atoms in total. The van der Waals surface area contributed by atoms with E-state index in [9.17, 15) is 44.3 Å². The zero-order valence-corrected chi connectivity index (χ0v) is 23.4. The van der Waals surface area contributed by atoms with Crippen LogP contribution < -0.4 is 14.8 Å². The van der Waals surface area contributed by atoms with Crippen molar-refractivity contribution in [2.24, 2.45) is 5.92 Å². The van der Waals surface area contributed by atoms with Crippen LogP contribution in [0.25, 0.3) is 5.57 Å². The number of hydrogen-bond donors (Lipinski definition) is 2. The number of alkyl halides is 6. The molecule has 1 aromatic carbocycles. The van der Waals surface area contributed by atoms with Gasteiger partial charge in [0.1, 0.15) is 11.3 Å². The molecule has 2 heterocycles. The first-order valence-electron chi connectivity index (χ1n) is 13.6. The first kappa shape index (κ1) is 30.9. The summed E-state index contributed by atoms with van der Waals surface area (Å²) in [6.07, 6.45) is -7.84. The average molecular weight is 635 g/mol. The first-order chi connectivity index (χ1) is 20.1. The van der Waals surface area contributed by atoms with Gasteiger partial charge in [-0.2, -0.15) is 31.4 Å². The van der Waals surface area contributed by atoms with Crippen molar-refractivity contribution in [3.8, 4) is 5.75 Å². The molecule has 2 aliphatic carbocycles. The van der Waals surface area contributed by atoms with E-state index in [-0.39, 0.29) is 30.0 Å². The Hall–Kier alpha value is -3.56. The Balaban J connectivity index is 1.49. The maximum absolute atomic E-state index is 14.9. The molecule has 2 N–H and O–H groups in total. The number of halogens is 6. The van der Waals surface area contributed by atoms with Crippen molar-refractivity contribution in [2.75, 3.05) is 6.61 Å². The standard InChI is InChI=1S/C27H28F6N4O5S/c28-26(29,30)11-1-13-42-18-6-4-17(5-7-18)25(27(31,32)33)14-20(21-10-12-37(35-21)15-16-2-3-16)22(23(38)34-25)24(39)36-43(40,41)19-8-9-19/h4-7,10,12,16,19H,1-3,8-9,11,13-15H2,(H,34,38)(H,36,39). The molecule has 0 radical (unpaired) electrons. The van der Waals surface area contributed by atoms with Crippen LogP contribution in [-0.2, 0) is 31.7 Å². The van der Waals surface area contributed by atoms with Crippen molar-refractivity contribution in [3.05, 3.63) is 53.4 Å². The van der Waals surface area contributed by atoms with E-state index in [1.54, 1.807) is 0 Å². The van der Waals surface area contributed by atoms with E-state index in [1.807, 2.05) is 10.0 Å². The number of nitrogens with zero attached hydrogens (tertiary/aromatic N) is 2. The minimum absolute atomic E-state index is 0.0188. The highest BCUT2D eigenvalue weighted by atomic mass is 32.2. The summed E-state index contributed by atoms with van der Waals surface area (Å²) in [5.41, 5.74) is -4.73. The van der Waals surface area contributed by atoms with Crippen LogP contribution in [0, 0.1) is 5.92 Å². The highest BCUT2D eigenvalue weighted by Gasteiger charge is 2.60. The third kappa shape index (κ3) is 6.99. The summed E-state index contributed by atoms with van der Waals surface area (Å²) in [6.45, 7) is 0.171. The van der Waals surface area contributed by atoms with Gasteiger partial charge < -0.3 is 10.1 Å². The number of nitrogens with one attached hydrogen (secondary N) is 2. The third-order valence-electron chi connectivity index (χ3n) is 7.52. The molecule has 234 valence electrons. The number of carbonyl (C=O) groups is 2. The Morgan fingerprint density at radius 3 is 2.33 bits per heavy atom. The van der Waals surface area contributed by atoms with E-state index in [0.717, 1.165) is 37.1 Å². The molecule has 1 unspecified atom stereocenters. The van der Waals surface area contributed by atoms with E-state index >= 15 is 0 Å². The van der Waals surface area contributed by atoms with Crippen molar-refractivity contribution >= 4 is 27.4 Å². The Kier molecular flexibility index (Phi) is 8.03. The fourth-order valence-corrected chi connectivity index (χ4v) is 6.17. The van der Waals surface area contributed by atoms with Crippen molar-refractivity contribution in [1.82, 2.24) is 19.8 Å². The summed E-state index contributed by atoms with van der Waals surface area (Å²) in [6, 6.07) is 5.71. The summed E-state index contributed by atoms with van der Waals surface area (Å²) >= 11 is 0. The van der Waals surface area contributed by atoms with Crippen LogP contribution in [0.2, 0.25) is 0 Å². The van der Waals surface area contributed by atoms with Crippen molar-refractivity contribution in [1.29, 1.82) is 0 Å². The number of carbonyl (C=O) groups excluding carboxylic acids is 2. The molecule has 1 aliphatic heterocycles. The van der Waals surface area contributed by atoms with Gasteiger partial charge in [-0.15, -0.1) is 0 Å². The smallest absolute Gasteiger partial charge is 0.416 e. The van der Waals surface area contributed by atoms with Gasteiger partial charge >= 0.3 is 12.4 Å². The molecule has 1 atom stereocenters. The molecule has 2 saturated carbocycles. The Morgan fingerprint density at radius 1 is 1.07 bits per heavy atom. The van der Waals surface area contributed by atoms with Gasteiger partial charge in [0.05, 0.1) is 17.6 Å². The first-order valence-corrected chi connectivity index (χ1v) is 15.1. The van der Waals surface area contributed by atoms with Gasteiger partial charge in [-0.05, 0) is 61.8 Å². The Morgan fingerprint density at radius 2 is 1.74 bits per heavy atom. The van der Waals surface area contributed by atoms with Crippen LogP contribution >= 0.6 is 0 Å². The number of sulfonamides is 1. The maximum Gasteiger partial charge on any atom is 0.416 e. The Bertz CT molecular complexity index is 1530. The number of ether oxygens (including phenoxy) is 1. The zero-order valence-electron chi connectivity index (χ0n) is 22.6. The molecule has 2 amide bonds. The SMILES string of the molecule is O=C1NC(c2ccc(OCCCC(F)(F)F)cc2)(C(F)(F)F)CC(c2ccn(CC3CC3)n2)=C1C(=O)NS(=O)(=O)C1CC1. The lowest BCUT2D eigenvalue weighted by atomic mass is 9.77. The average Bonchev–Trinajstić information content (AvgIpc) is 3.83. The van der Waals surface area contributed by atoms with Crippen LogP contribution in [0.1, 0.15) is 56.2 Å².